The van der Waals surface area contributed by atoms with Crippen LogP contribution in [0.5, 0.6) is 5.75 Å². The molecule has 4 rings (SSSR count). The van der Waals surface area contributed by atoms with Crippen molar-refractivity contribution in [2.45, 2.75) is 30.4 Å². The van der Waals surface area contributed by atoms with Crippen LogP contribution in [-0.2, 0) is 21.4 Å². The van der Waals surface area contributed by atoms with E-state index in [9.17, 15) is 18.3 Å². The van der Waals surface area contributed by atoms with Crippen molar-refractivity contribution in [1.82, 2.24) is 0 Å². The molecule has 0 amide bonds. The van der Waals surface area contributed by atoms with E-state index in [2.05, 4.69) is 9.71 Å². The SMILES string of the molecule is O=C(CCC(O)c1ccccc1OCc1ccccc1)C1=NS(=O)(=O)c2cc(I)ccc2N1. The number of halogens is 1. The van der Waals surface area contributed by atoms with E-state index in [-0.39, 0.29) is 23.6 Å². The number of aliphatic hydroxyl groups is 1. The first-order valence-electron chi connectivity index (χ1n) is 10.2. The number of sulfonamides is 1. The second-order valence-electron chi connectivity index (χ2n) is 7.47. The number of Topliss-reactive ketones (excluding diaryl/α,β-unsaturated/α-hetero) is 1. The Labute approximate surface area is 205 Å². The minimum absolute atomic E-state index is 0.0375. The molecular weight excluding hydrogens is 555 g/mol. The first-order chi connectivity index (χ1) is 15.8. The highest BCUT2D eigenvalue weighted by Crippen LogP contribution is 2.31. The maximum atomic E-state index is 12.7. The van der Waals surface area contributed by atoms with E-state index >= 15 is 0 Å². The molecule has 2 N–H and O–H groups in total. The minimum Gasteiger partial charge on any atom is -0.489 e. The number of fused-ring (bicyclic) bond motifs is 1. The molecule has 1 unspecified atom stereocenters. The molecule has 7 nitrogen and oxygen atoms in total. The van der Waals surface area contributed by atoms with Crippen LogP contribution in [0.2, 0.25) is 0 Å². The van der Waals surface area contributed by atoms with Gasteiger partial charge < -0.3 is 15.2 Å². The third-order valence-electron chi connectivity index (χ3n) is 5.11. The molecule has 0 bridgehead atoms. The van der Waals surface area contributed by atoms with Gasteiger partial charge in [0.25, 0.3) is 10.0 Å². The van der Waals surface area contributed by atoms with Crippen LogP contribution in [0.4, 0.5) is 5.69 Å². The van der Waals surface area contributed by atoms with Crippen LogP contribution in [-0.4, -0.2) is 25.1 Å². The van der Waals surface area contributed by atoms with Crippen LogP contribution < -0.4 is 10.1 Å². The van der Waals surface area contributed by atoms with Crippen LogP contribution in [0.25, 0.3) is 0 Å². The van der Waals surface area contributed by atoms with Gasteiger partial charge in [0, 0.05) is 15.6 Å². The number of hydrogen-bond donors (Lipinski definition) is 2. The number of anilines is 1. The van der Waals surface area contributed by atoms with E-state index in [0.29, 0.717) is 23.6 Å². The van der Waals surface area contributed by atoms with Crippen molar-refractivity contribution < 1.29 is 23.1 Å². The molecular formula is C24H21IN2O5S. The fourth-order valence-electron chi connectivity index (χ4n) is 3.42. The minimum atomic E-state index is -3.97. The molecule has 3 aromatic rings. The number of amidine groups is 1. The number of rotatable bonds is 8. The summed E-state index contributed by atoms with van der Waals surface area (Å²) >= 11 is 2.01. The zero-order chi connectivity index (χ0) is 23.4. The summed E-state index contributed by atoms with van der Waals surface area (Å²) in [5, 5.41) is 13.5. The lowest BCUT2D eigenvalue weighted by Crippen LogP contribution is -2.29. The number of benzene rings is 3. The monoisotopic (exact) mass is 576 g/mol. The van der Waals surface area contributed by atoms with Gasteiger partial charge in [-0.25, -0.2) is 0 Å². The third kappa shape index (κ3) is 5.60. The summed E-state index contributed by atoms with van der Waals surface area (Å²) < 4.78 is 35.2. The number of para-hydroxylation sites is 1. The lowest BCUT2D eigenvalue weighted by molar-refractivity contribution is -0.113. The maximum Gasteiger partial charge on any atom is 0.286 e. The molecule has 0 spiro atoms. The fourth-order valence-corrected chi connectivity index (χ4v) is 5.28. The van der Waals surface area contributed by atoms with Gasteiger partial charge in [-0.15, -0.1) is 4.40 Å². The molecule has 0 saturated carbocycles. The van der Waals surface area contributed by atoms with Crippen molar-refractivity contribution in [2.24, 2.45) is 4.40 Å². The number of aliphatic hydroxyl groups excluding tert-OH is 1. The number of carbonyl (C=O) groups excluding carboxylic acids is 1. The zero-order valence-corrected chi connectivity index (χ0v) is 20.4. The molecule has 0 aliphatic carbocycles. The highest BCUT2D eigenvalue weighted by Gasteiger charge is 2.28. The number of ketones is 1. The first-order valence-corrected chi connectivity index (χ1v) is 12.7. The molecule has 1 heterocycles. The summed E-state index contributed by atoms with van der Waals surface area (Å²) in [4.78, 5) is 12.7. The molecule has 33 heavy (non-hydrogen) atoms. The lowest BCUT2D eigenvalue weighted by Gasteiger charge is -2.19. The van der Waals surface area contributed by atoms with Gasteiger partial charge in [0.05, 0.1) is 11.8 Å². The predicted molar refractivity (Wildman–Crippen MR) is 134 cm³/mol. The summed E-state index contributed by atoms with van der Waals surface area (Å²) in [7, 11) is -3.97. The molecule has 1 aliphatic rings. The summed E-state index contributed by atoms with van der Waals surface area (Å²) in [6, 6.07) is 21.6. The molecule has 1 atom stereocenters. The molecule has 0 fully saturated rings. The summed E-state index contributed by atoms with van der Waals surface area (Å²) in [6.07, 6.45) is -0.962. The molecule has 9 heteroatoms. The second-order valence-corrected chi connectivity index (χ2v) is 10.3. The van der Waals surface area contributed by atoms with Gasteiger partial charge in [0.1, 0.15) is 17.3 Å². The van der Waals surface area contributed by atoms with Crippen molar-refractivity contribution in [3.8, 4) is 5.75 Å². The molecule has 0 aromatic heterocycles. The van der Waals surface area contributed by atoms with Gasteiger partial charge in [-0.05, 0) is 58.8 Å². The summed E-state index contributed by atoms with van der Waals surface area (Å²) in [5.41, 5.74) is 1.87. The molecule has 0 saturated heterocycles. The Morgan fingerprint density at radius 3 is 2.58 bits per heavy atom. The summed E-state index contributed by atoms with van der Waals surface area (Å²) in [5.74, 6) is -0.213. The van der Waals surface area contributed by atoms with Gasteiger partial charge in [-0.1, -0.05) is 48.5 Å². The van der Waals surface area contributed by atoms with Crippen molar-refractivity contribution >= 4 is 49.9 Å². The van der Waals surface area contributed by atoms with Crippen LogP contribution in [0.3, 0.4) is 0 Å². The molecule has 0 radical (unpaired) electrons. The zero-order valence-electron chi connectivity index (χ0n) is 17.4. The Balaban J connectivity index is 1.42. The second kappa shape index (κ2) is 10.0. The van der Waals surface area contributed by atoms with Crippen LogP contribution in [0.1, 0.15) is 30.1 Å². The van der Waals surface area contributed by atoms with E-state index < -0.39 is 21.9 Å². The number of nitrogens with one attached hydrogen (secondary N) is 1. The molecule has 3 aromatic carbocycles. The first kappa shape index (κ1) is 23.4. The largest absolute Gasteiger partial charge is 0.489 e. The summed E-state index contributed by atoms with van der Waals surface area (Å²) in [6.45, 7) is 0.348. The van der Waals surface area contributed by atoms with Gasteiger partial charge in [-0.3, -0.25) is 4.79 Å². The van der Waals surface area contributed by atoms with Crippen molar-refractivity contribution in [2.75, 3.05) is 5.32 Å². The molecule has 170 valence electrons. The van der Waals surface area contributed by atoms with Crippen LogP contribution in [0.15, 0.2) is 82.1 Å². The highest BCUT2D eigenvalue weighted by atomic mass is 127. The van der Waals surface area contributed by atoms with E-state index in [1.165, 1.54) is 6.07 Å². The number of hydrogen-bond acceptors (Lipinski definition) is 6. The smallest absolute Gasteiger partial charge is 0.286 e. The van der Waals surface area contributed by atoms with Gasteiger partial charge in [-0.2, -0.15) is 8.42 Å². The van der Waals surface area contributed by atoms with E-state index in [1.54, 1.807) is 30.3 Å². The standard InChI is InChI=1S/C24H21IN2O5S/c25-17-10-11-19-23(14-17)33(30,31)27-24(26-19)21(29)13-12-20(28)18-8-4-5-9-22(18)32-15-16-6-2-1-3-7-16/h1-11,14,20,28H,12-13,15H2,(H,26,27). The lowest BCUT2D eigenvalue weighted by atomic mass is 10.0. The molecule has 1 aliphatic heterocycles. The topological polar surface area (TPSA) is 105 Å². The average molecular weight is 576 g/mol. The maximum absolute atomic E-state index is 12.7. The number of nitrogens with zero attached hydrogens (tertiary/aromatic N) is 1. The Bertz CT molecular complexity index is 1310. The van der Waals surface area contributed by atoms with Crippen LogP contribution >= 0.6 is 22.6 Å². The quantitative estimate of drug-likeness (QED) is 0.384. The number of ether oxygens (including phenoxy) is 1. The number of carbonyl (C=O) groups is 1. The van der Waals surface area contributed by atoms with Crippen molar-refractivity contribution in [1.29, 1.82) is 0 Å². The fraction of sp³-hybridized carbons (Fsp3) is 0.167. The van der Waals surface area contributed by atoms with Gasteiger partial charge >= 0.3 is 0 Å². The van der Waals surface area contributed by atoms with Crippen molar-refractivity contribution in [3.05, 3.63) is 87.5 Å². The Hall–Kier alpha value is -2.76. The predicted octanol–water partition coefficient (Wildman–Crippen LogP) is 4.47. The van der Waals surface area contributed by atoms with E-state index in [1.807, 2.05) is 59.0 Å². The average Bonchev–Trinajstić information content (AvgIpc) is 2.82. The Morgan fingerprint density at radius 2 is 1.79 bits per heavy atom. The highest BCUT2D eigenvalue weighted by molar-refractivity contribution is 14.1. The van der Waals surface area contributed by atoms with E-state index in [4.69, 9.17) is 4.74 Å². The van der Waals surface area contributed by atoms with E-state index in [0.717, 1.165) is 9.13 Å². The Kier molecular flexibility index (Phi) is 7.11. The van der Waals surface area contributed by atoms with Crippen LogP contribution in [0, 0.1) is 3.57 Å². The van der Waals surface area contributed by atoms with Crippen molar-refractivity contribution in [3.63, 3.8) is 0 Å². The van der Waals surface area contributed by atoms with Gasteiger partial charge in [0.15, 0.2) is 11.6 Å². The third-order valence-corrected chi connectivity index (χ3v) is 7.10. The van der Waals surface area contributed by atoms with Gasteiger partial charge in [0.2, 0.25) is 0 Å². The normalized spacial score (nSPS) is 15.0. The Morgan fingerprint density at radius 1 is 1.06 bits per heavy atom.